The van der Waals surface area contributed by atoms with E-state index in [9.17, 15) is 10.0 Å². The van der Waals surface area contributed by atoms with E-state index in [0.717, 1.165) is 15.6 Å². The molecule has 0 fully saturated rings. The molecule has 0 N–H and O–H groups in total. The lowest BCUT2D eigenvalue weighted by atomic mass is 10.1. The molecule has 0 saturated heterocycles. The van der Waals surface area contributed by atoms with Crippen LogP contribution in [0.15, 0.2) is 36.8 Å². The zero-order chi connectivity index (χ0) is 15.9. The van der Waals surface area contributed by atoms with Gasteiger partial charge < -0.3 is 14.5 Å². The van der Waals surface area contributed by atoms with Gasteiger partial charge in [0.15, 0.2) is 5.52 Å². The lowest BCUT2D eigenvalue weighted by molar-refractivity contribution is -0.575. The highest BCUT2D eigenvalue weighted by Crippen LogP contribution is 2.24. The zero-order valence-corrected chi connectivity index (χ0v) is 12.7. The molecule has 2 aromatic heterocycles. The van der Waals surface area contributed by atoms with Crippen LogP contribution < -0.4 is 4.73 Å². The fraction of sp³-hybridized carbons (Fsp3) is 0.312. The number of pyridine rings is 1. The van der Waals surface area contributed by atoms with Crippen molar-refractivity contribution in [3.05, 3.63) is 42.0 Å². The first-order valence-electron chi connectivity index (χ1n) is 7.03. The van der Waals surface area contributed by atoms with E-state index in [2.05, 4.69) is 4.98 Å². The predicted octanol–water partition coefficient (Wildman–Crippen LogP) is 2.16. The van der Waals surface area contributed by atoms with Gasteiger partial charge in [0.1, 0.15) is 5.60 Å². The van der Waals surface area contributed by atoms with Gasteiger partial charge in [0, 0.05) is 13.0 Å². The third-order valence-electron chi connectivity index (χ3n) is 3.47. The Bertz CT molecular complexity index is 868. The first-order valence-corrected chi connectivity index (χ1v) is 7.03. The normalized spacial score (nSPS) is 12.0. The Morgan fingerprint density at radius 3 is 2.86 bits per heavy atom. The minimum Gasteiger partial charge on any atom is -0.618 e. The average molecular weight is 299 g/mol. The van der Waals surface area contributed by atoms with Crippen LogP contribution in [-0.4, -0.2) is 21.1 Å². The topological polar surface area (TPSA) is 71.1 Å². The number of ether oxygens (including phenoxy) is 1. The molecule has 0 bridgehead atoms. The van der Waals surface area contributed by atoms with Crippen LogP contribution >= 0.6 is 0 Å². The van der Waals surface area contributed by atoms with Crippen molar-refractivity contribution in [3.63, 3.8) is 0 Å². The SMILES string of the molecule is CC(=O)OC(C)(C)Cn1cnc2c[n+]([O-])c3ccccc3c21. The van der Waals surface area contributed by atoms with Crippen molar-refractivity contribution in [2.45, 2.75) is 32.9 Å². The molecule has 22 heavy (non-hydrogen) atoms. The summed E-state index contributed by atoms with van der Waals surface area (Å²) in [6.45, 7) is 5.54. The van der Waals surface area contributed by atoms with Crippen molar-refractivity contribution in [2.75, 3.05) is 0 Å². The number of carbonyl (C=O) groups excluding carboxylic acids is 1. The van der Waals surface area contributed by atoms with E-state index in [1.807, 2.05) is 36.6 Å². The van der Waals surface area contributed by atoms with Crippen molar-refractivity contribution < 1.29 is 14.3 Å². The van der Waals surface area contributed by atoms with Gasteiger partial charge in [-0.3, -0.25) is 4.79 Å². The predicted molar refractivity (Wildman–Crippen MR) is 82.0 cm³/mol. The summed E-state index contributed by atoms with van der Waals surface area (Å²) in [7, 11) is 0. The molecule has 0 saturated carbocycles. The van der Waals surface area contributed by atoms with Crippen LogP contribution in [0.3, 0.4) is 0 Å². The van der Waals surface area contributed by atoms with Crippen LogP contribution in [0.4, 0.5) is 0 Å². The lowest BCUT2D eigenvalue weighted by Gasteiger charge is -2.25. The second-order valence-electron chi connectivity index (χ2n) is 5.93. The summed E-state index contributed by atoms with van der Waals surface area (Å²) < 4.78 is 8.08. The molecule has 0 aliphatic heterocycles. The highest BCUT2D eigenvalue weighted by Gasteiger charge is 2.24. The van der Waals surface area contributed by atoms with Crippen LogP contribution in [0.1, 0.15) is 20.8 Å². The molecule has 1 aromatic carbocycles. The Balaban J connectivity index is 2.16. The Hall–Kier alpha value is -2.63. The number of carbonyl (C=O) groups is 1. The molecule has 114 valence electrons. The quantitative estimate of drug-likeness (QED) is 0.422. The summed E-state index contributed by atoms with van der Waals surface area (Å²) in [4.78, 5) is 15.5. The molecule has 6 heteroatoms. The summed E-state index contributed by atoms with van der Waals surface area (Å²) in [5.74, 6) is -0.323. The van der Waals surface area contributed by atoms with Gasteiger partial charge in [-0.25, -0.2) is 4.98 Å². The van der Waals surface area contributed by atoms with Crippen LogP contribution in [0.25, 0.3) is 21.9 Å². The molecule has 0 unspecified atom stereocenters. The summed E-state index contributed by atoms with van der Waals surface area (Å²) in [6, 6.07) is 7.38. The van der Waals surface area contributed by atoms with Gasteiger partial charge in [-0.15, -0.1) is 0 Å². The van der Waals surface area contributed by atoms with E-state index in [4.69, 9.17) is 4.74 Å². The molecule has 0 amide bonds. The highest BCUT2D eigenvalue weighted by molar-refractivity contribution is 6.00. The molecule has 0 aliphatic carbocycles. The summed E-state index contributed by atoms with van der Waals surface area (Å²) in [5.41, 5.74) is 1.40. The monoisotopic (exact) mass is 299 g/mol. The van der Waals surface area contributed by atoms with Crippen LogP contribution in [0.5, 0.6) is 0 Å². The number of hydrogen-bond donors (Lipinski definition) is 0. The van der Waals surface area contributed by atoms with Crippen LogP contribution in [0, 0.1) is 5.21 Å². The molecule has 0 aliphatic rings. The van der Waals surface area contributed by atoms with Crippen molar-refractivity contribution in [1.29, 1.82) is 0 Å². The molecule has 0 atom stereocenters. The van der Waals surface area contributed by atoms with Gasteiger partial charge in [0.25, 0.3) is 0 Å². The third-order valence-corrected chi connectivity index (χ3v) is 3.47. The second-order valence-corrected chi connectivity index (χ2v) is 5.93. The van der Waals surface area contributed by atoms with Crippen LogP contribution in [0.2, 0.25) is 0 Å². The van der Waals surface area contributed by atoms with Gasteiger partial charge >= 0.3 is 5.97 Å². The second kappa shape index (κ2) is 4.98. The van der Waals surface area contributed by atoms with Gasteiger partial charge in [-0.1, -0.05) is 12.1 Å². The van der Waals surface area contributed by atoms with E-state index in [1.54, 1.807) is 12.4 Å². The van der Waals surface area contributed by atoms with Gasteiger partial charge in [0.05, 0.1) is 23.8 Å². The number of hydrogen-bond acceptors (Lipinski definition) is 4. The molecule has 6 nitrogen and oxygen atoms in total. The number of esters is 1. The van der Waals surface area contributed by atoms with E-state index < -0.39 is 5.60 Å². The summed E-state index contributed by atoms with van der Waals surface area (Å²) >= 11 is 0. The van der Waals surface area contributed by atoms with Gasteiger partial charge in [-0.05, 0) is 19.9 Å². The Morgan fingerprint density at radius 2 is 2.14 bits per heavy atom. The molecule has 2 heterocycles. The fourth-order valence-corrected chi connectivity index (χ4v) is 2.78. The average Bonchev–Trinajstić information content (AvgIpc) is 2.80. The minimum atomic E-state index is -0.663. The maximum absolute atomic E-state index is 12.0. The number of fused-ring (bicyclic) bond motifs is 3. The maximum Gasteiger partial charge on any atom is 0.303 e. The van der Waals surface area contributed by atoms with Crippen molar-refractivity contribution >= 4 is 27.9 Å². The molecule has 0 spiro atoms. The van der Waals surface area contributed by atoms with E-state index in [1.165, 1.54) is 13.1 Å². The lowest BCUT2D eigenvalue weighted by Crippen LogP contribution is -2.32. The number of aromatic nitrogens is 3. The Kier molecular flexibility index (Phi) is 3.24. The van der Waals surface area contributed by atoms with Crippen molar-refractivity contribution in [2.24, 2.45) is 0 Å². The summed E-state index contributed by atoms with van der Waals surface area (Å²) in [6.07, 6.45) is 3.13. The number of imidazole rings is 1. The van der Waals surface area contributed by atoms with Crippen molar-refractivity contribution in [3.8, 4) is 0 Å². The largest absolute Gasteiger partial charge is 0.618 e. The number of rotatable bonds is 3. The van der Waals surface area contributed by atoms with E-state index in [0.29, 0.717) is 17.6 Å². The minimum absolute atomic E-state index is 0.323. The number of nitrogens with zero attached hydrogens (tertiary/aromatic N) is 3. The number of para-hydroxylation sites is 1. The molecule has 3 rings (SSSR count). The Labute approximate surface area is 127 Å². The maximum atomic E-state index is 12.0. The van der Waals surface area contributed by atoms with E-state index >= 15 is 0 Å². The van der Waals surface area contributed by atoms with Gasteiger partial charge in [-0.2, -0.15) is 4.73 Å². The Morgan fingerprint density at radius 1 is 1.41 bits per heavy atom. The smallest absolute Gasteiger partial charge is 0.303 e. The fourth-order valence-electron chi connectivity index (χ4n) is 2.78. The van der Waals surface area contributed by atoms with E-state index in [-0.39, 0.29) is 5.97 Å². The van der Waals surface area contributed by atoms with Crippen molar-refractivity contribution in [1.82, 2.24) is 9.55 Å². The third kappa shape index (κ3) is 2.47. The number of benzene rings is 1. The molecule has 3 aromatic rings. The molecular weight excluding hydrogens is 282 g/mol. The highest BCUT2D eigenvalue weighted by atomic mass is 16.6. The van der Waals surface area contributed by atoms with Crippen LogP contribution in [-0.2, 0) is 16.1 Å². The standard InChI is InChI=1S/C16H17N3O3/c1-11(20)22-16(2,3)9-18-10-17-13-8-19(21)14-7-5-4-6-12(14)15(13)18/h4-8,10H,9H2,1-3H3. The zero-order valence-electron chi connectivity index (χ0n) is 12.7. The molecule has 0 radical (unpaired) electrons. The summed E-state index contributed by atoms with van der Waals surface area (Å²) in [5, 5.41) is 12.9. The first kappa shape index (κ1) is 14.3. The first-order chi connectivity index (χ1) is 10.4. The molecular formula is C16H17N3O3. The van der Waals surface area contributed by atoms with Gasteiger partial charge in [0.2, 0.25) is 11.7 Å².